The molecule has 0 radical (unpaired) electrons. The summed E-state index contributed by atoms with van der Waals surface area (Å²) in [5.41, 5.74) is 3.34. The van der Waals surface area contributed by atoms with Gasteiger partial charge in [-0.15, -0.1) is 0 Å². The van der Waals surface area contributed by atoms with Crippen LogP contribution in [0.3, 0.4) is 0 Å². The highest BCUT2D eigenvalue weighted by molar-refractivity contribution is 5.39. The Morgan fingerprint density at radius 1 is 1.42 bits per heavy atom. The zero-order valence-electron chi connectivity index (χ0n) is 11.1. The smallest absolute Gasteiger partial charge is 0.299 e. The summed E-state index contributed by atoms with van der Waals surface area (Å²) in [6.45, 7) is 2.43. The van der Waals surface area contributed by atoms with Crippen molar-refractivity contribution in [1.82, 2.24) is 9.55 Å². The van der Waals surface area contributed by atoms with Gasteiger partial charge in [-0.2, -0.15) is 0 Å². The van der Waals surface area contributed by atoms with Gasteiger partial charge in [0.15, 0.2) is 0 Å². The number of aryl methyl sites for hydroxylation is 1. The SMILES string of the molecule is COc1nc(C)cc(=O)n1CC1Cc2ccccc21. The molecule has 0 saturated carbocycles. The van der Waals surface area contributed by atoms with Crippen LogP contribution in [0.15, 0.2) is 35.1 Å². The summed E-state index contributed by atoms with van der Waals surface area (Å²) < 4.78 is 6.83. The quantitative estimate of drug-likeness (QED) is 0.842. The Balaban J connectivity index is 1.92. The van der Waals surface area contributed by atoms with Gasteiger partial charge >= 0.3 is 0 Å². The van der Waals surface area contributed by atoms with Crippen LogP contribution in [-0.4, -0.2) is 16.7 Å². The van der Waals surface area contributed by atoms with Crippen LogP contribution in [-0.2, 0) is 13.0 Å². The van der Waals surface area contributed by atoms with Crippen molar-refractivity contribution in [1.29, 1.82) is 0 Å². The van der Waals surface area contributed by atoms with Gasteiger partial charge in [-0.3, -0.25) is 9.36 Å². The number of ether oxygens (including phenoxy) is 1. The van der Waals surface area contributed by atoms with Gasteiger partial charge in [-0.05, 0) is 24.5 Å². The lowest BCUT2D eigenvalue weighted by Crippen LogP contribution is -2.29. The normalized spacial score (nSPS) is 16.6. The molecule has 19 heavy (non-hydrogen) atoms. The first-order valence-corrected chi connectivity index (χ1v) is 6.39. The Labute approximate surface area is 111 Å². The first kappa shape index (κ1) is 12.0. The summed E-state index contributed by atoms with van der Waals surface area (Å²) in [6, 6.07) is 10.3. The number of hydrogen-bond acceptors (Lipinski definition) is 3. The van der Waals surface area contributed by atoms with Crippen molar-refractivity contribution in [3.8, 4) is 6.01 Å². The minimum atomic E-state index is -0.0475. The second-order valence-electron chi connectivity index (χ2n) is 4.93. The standard InChI is InChI=1S/C15H16N2O2/c1-10-7-14(18)17(15(16-10)19-2)9-12-8-11-5-3-4-6-13(11)12/h3-7,12H,8-9H2,1-2H3. The van der Waals surface area contributed by atoms with Crippen molar-refractivity contribution in [3.63, 3.8) is 0 Å². The number of nitrogens with zero attached hydrogens (tertiary/aromatic N) is 2. The summed E-state index contributed by atoms with van der Waals surface area (Å²) in [5.74, 6) is 0.382. The van der Waals surface area contributed by atoms with Gasteiger partial charge in [0, 0.05) is 24.2 Å². The number of methoxy groups -OCH3 is 1. The van der Waals surface area contributed by atoms with Crippen molar-refractivity contribution in [2.75, 3.05) is 7.11 Å². The minimum Gasteiger partial charge on any atom is -0.468 e. The Morgan fingerprint density at radius 3 is 2.95 bits per heavy atom. The lowest BCUT2D eigenvalue weighted by Gasteiger charge is -2.30. The third kappa shape index (κ3) is 2.03. The Hall–Kier alpha value is -2.10. The van der Waals surface area contributed by atoms with Crippen LogP contribution < -0.4 is 10.3 Å². The lowest BCUT2D eigenvalue weighted by atomic mass is 9.77. The number of fused-ring (bicyclic) bond motifs is 1. The third-order valence-electron chi connectivity index (χ3n) is 3.65. The highest BCUT2D eigenvalue weighted by Gasteiger charge is 2.27. The van der Waals surface area contributed by atoms with Crippen LogP contribution in [0.25, 0.3) is 0 Å². The number of benzene rings is 1. The van der Waals surface area contributed by atoms with E-state index in [4.69, 9.17) is 4.74 Å². The van der Waals surface area contributed by atoms with E-state index in [2.05, 4.69) is 23.2 Å². The van der Waals surface area contributed by atoms with Crippen LogP contribution in [0.2, 0.25) is 0 Å². The minimum absolute atomic E-state index is 0.0475. The van der Waals surface area contributed by atoms with Gasteiger partial charge in [0.1, 0.15) is 0 Å². The fraction of sp³-hybridized carbons (Fsp3) is 0.333. The molecule has 4 heteroatoms. The van der Waals surface area contributed by atoms with Crippen LogP contribution in [0.4, 0.5) is 0 Å². The van der Waals surface area contributed by atoms with Crippen molar-refractivity contribution in [3.05, 3.63) is 57.5 Å². The first-order chi connectivity index (χ1) is 9.19. The molecule has 4 nitrogen and oxygen atoms in total. The van der Waals surface area contributed by atoms with E-state index in [1.54, 1.807) is 24.7 Å². The molecule has 0 spiro atoms. The molecule has 0 fully saturated rings. The molecule has 1 unspecified atom stereocenters. The molecule has 0 saturated heterocycles. The maximum absolute atomic E-state index is 12.1. The first-order valence-electron chi connectivity index (χ1n) is 6.39. The fourth-order valence-electron chi connectivity index (χ4n) is 2.66. The molecule has 0 N–H and O–H groups in total. The fourth-order valence-corrected chi connectivity index (χ4v) is 2.66. The summed E-state index contributed by atoms with van der Waals surface area (Å²) in [7, 11) is 1.55. The van der Waals surface area contributed by atoms with Crippen molar-refractivity contribution >= 4 is 0 Å². The summed E-state index contributed by atoms with van der Waals surface area (Å²) in [5, 5.41) is 0. The maximum Gasteiger partial charge on any atom is 0.299 e. The van der Waals surface area contributed by atoms with Gasteiger partial charge in [0.05, 0.1) is 7.11 Å². The molecule has 1 aromatic carbocycles. The van der Waals surface area contributed by atoms with Gasteiger partial charge in [-0.1, -0.05) is 24.3 Å². The monoisotopic (exact) mass is 256 g/mol. The van der Waals surface area contributed by atoms with Crippen LogP contribution >= 0.6 is 0 Å². The molecule has 98 valence electrons. The Kier molecular flexibility index (Phi) is 2.85. The topological polar surface area (TPSA) is 44.1 Å². The van der Waals surface area contributed by atoms with Crippen molar-refractivity contribution < 1.29 is 4.74 Å². The molecule has 1 aliphatic rings. The number of hydrogen-bond donors (Lipinski definition) is 0. The van der Waals surface area contributed by atoms with Gasteiger partial charge < -0.3 is 4.74 Å². The van der Waals surface area contributed by atoms with Gasteiger partial charge in [-0.25, -0.2) is 4.98 Å². The molecule has 3 rings (SSSR count). The molecule has 0 amide bonds. The summed E-state index contributed by atoms with van der Waals surface area (Å²) in [6.07, 6.45) is 1.01. The molecular weight excluding hydrogens is 240 g/mol. The van der Waals surface area contributed by atoms with Gasteiger partial charge in [0.2, 0.25) is 0 Å². The van der Waals surface area contributed by atoms with Gasteiger partial charge in [0.25, 0.3) is 11.6 Å². The highest BCUT2D eigenvalue weighted by Crippen LogP contribution is 2.36. The van der Waals surface area contributed by atoms with Crippen LogP contribution in [0.1, 0.15) is 22.7 Å². The largest absolute Gasteiger partial charge is 0.468 e. The van der Waals surface area contributed by atoms with Crippen molar-refractivity contribution in [2.45, 2.75) is 25.8 Å². The molecule has 1 aliphatic carbocycles. The molecule has 1 atom stereocenters. The maximum atomic E-state index is 12.1. The average Bonchev–Trinajstić information content (AvgIpc) is 2.37. The van der Waals surface area contributed by atoms with E-state index < -0.39 is 0 Å². The molecule has 0 aliphatic heterocycles. The predicted octanol–water partition coefficient (Wildman–Crippen LogP) is 1.90. The van der Waals surface area contributed by atoms with E-state index in [9.17, 15) is 4.79 Å². The van der Waals surface area contributed by atoms with E-state index in [1.165, 1.54) is 11.1 Å². The van der Waals surface area contributed by atoms with E-state index >= 15 is 0 Å². The molecular formula is C15H16N2O2. The highest BCUT2D eigenvalue weighted by atomic mass is 16.5. The molecule has 2 aromatic rings. The third-order valence-corrected chi connectivity index (χ3v) is 3.65. The predicted molar refractivity (Wildman–Crippen MR) is 72.7 cm³/mol. The average molecular weight is 256 g/mol. The van der Waals surface area contributed by atoms with E-state index in [1.807, 2.05) is 6.07 Å². The summed E-state index contributed by atoms with van der Waals surface area (Å²) in [4.78, 5) is 16.3. The van der Waals surface area contributed by atoms with E-state index in [-0.39, 0.29) is 5.56 Å². The zero-order valence-corrected chi connectivity index (χ0v) is 11.1. The second-order valence-corrected chi connectivity index (χ2v) is 4.93. The van der Waals surface area contributed by atoms with E-state index in [0.29, 0.717) is 24.2 Å². The lowest BCUT2D eigenvalue weighted by molar-refractivity contribution is 0.332. The Morgan fingerprint density at radius 2 is 2.21 bits per heavy atom. The zero-order chi connectivity index (χ0) is 13.4. The van der Waals surface area contributed by atoms with Crippen LogP contribution in [0.5, 0.6) is 6.01 Å². The van der Waals surface area contributed by atoms with Crippen molar-refractivity contribution in [2.24, 2.45) is 0 Å². The van der Waals surface area contributed by atoms with E-state index in [0.717, 1.165) is 6.42 Å². The number of aromatic nitrogens is 2. The van der Waals surface area contributed by atoms with Crippen LogP contribution in [0, 0.1) is 6.92 Å². The molecule has 1 heterocycles. The molecule has 0 bridgehead atoms. The summed E-state index contributed by atoms with van der Waals surface area (Å²) >= 11 is 0. The molecule has 1 aromatic heterocycles. The second kappa shape index (κ2) is 4.53. The Bertz CT molecular complexity index is 676. The number of rotatable bonds is 3.